The third kappa shape index (κ3) is 4.43. The second-order valence-electron chi connectivity index (χ2n) is 7.12. The molecule has 1 fully saturated rings. The molecule has 0 bridgehead atoms. The summed E-state index contributed by atoms with van der Waals surface area (Å²) in [5.41, 5.74) is 2.58. The van der Waals surface area contributed by atoms with Gasteiger partial charge in [-0.2, -0.15) is 0 Å². The van der Waals surface area contributed by atoms with E-state index >= 15 is 0 Å². The SMILES string of the molecule is COc1cccc(C2=CCN([C@H](C)C(=O)N3CCCCCC3)CC2)c1. The fourth-order valence-corrected chi connectivity index (χ4v) is 3.83. The van der Waals surface area contributed by atoms with E-state index < -0.39 is 0 Å². The molecular formula is C21H30N2O2. The summed E-state index contributed by atoms with van der Waals surface area (Å²) in [6.45, 7) is 5.71. The van der Waals surface area contributed by atoms with Crippen molar-refractivity contribution in [2.75, 3.05) is 33.3 Å². The van der Waals surface area contributed by atoms with E-state index in [0.717, 1.165) is 51.2 Å². The molecule has 2 aliphatic heterocycles. The molecule has 4 nitrogen and oxygen atoms in total. The first-order valence-electron chi connectivity index (χ1n) is 9.55. The minimum Gasteiger partial charge on any atom is -0.497 e. The second kappa shape index (κ2) is 8.52. The van der Waals surface area contributed by atoms with Gasteiger partial charge in [0, 0.05) is 26.2 Å². The van der Waals surface area contributed by atoms with Crippen molar-refractivity contribution in [3.8, 4) is 5.75 Å². The smallest absolute Gasteiger partial charge is 0.239 e. The lowest BCUT2D eigenvalue weighted by molar-refractivity contribution is -0.136. The number of rotatable bonds is 4. The number of likely N-dealkylation sites (tertiary alicyclic amines) is 1. The molecule has 0 aliphatic carbocycles. The average Bonchev–Trinajstić information content (AvgIpc) is 2.96. The van der Waals surface area contributed by atoms with E-state index in [4.69, 9.17) is 4.74 Å². The molecule has 0 N–H and O–H groups in total. The van der Waals surface area contributed by atoms with Gasteiger partial charge >= 0.3 is 0 Å². The maximum atomic E-state index is 12.8. The van der Waals surface area contributed by atoms with Crippen LogP contribution < -0.4 is 4.74 Å². The van der Waals surface area contributed by atoms with E-state index in [0.29, 0.717) is 5.91 Å². The van der Waals surface area contributed by atoms with Gasteiger partial charge in [-0.3, -0.25) is 9.69 Å². The number of hydrogen-bond acceptors (Lipinski definition) is 3. The van der Waals surface area contributed by atoms with Gasteiger partial charge < -0.3 is 9.64 Å². The summed E-state index contributed by atoms with van der Waals surface area (Å²) < 4.78 is 5.33. The highest BCUT2D eigenvalue weighted by molar-refractivity contribution is 5.81. The number of hydrogen-bond donors (Lipinski definition) is 0. The van der Waals surface area contributed by atoms with Gasteiger partial charge in [-0.15, -0.1) is 0 Å². The maximum absolute atomic E-state index is 12.8. The molecule has 0 radical (unpaired) electrons. The molecule has 1 aromatic carbocycles. The minimum absolute atomic E-state index is 0.0267. The lowest BCUT2D eigenvalue weighted by Gasteiger charge is -2.34. The molecule has 0 aromatic heterocycles. The molecule has 1 atom stereocenters. The Labute approximate surface area is 151 Å². The number of methoxy groups -OCH3 is 1. The van der Waals surface area contributed by atoms with Crippen molar-refractivity contribution in [3.05, 3.63) is 35.9 Å². The van der Waals surface area contributed by atoms with Crippen molar-refractivity contribution in [1.82, 2.24) is 9.80 Å². The van der Waals surface area contributed by atoms with Gasteiger partial charge in [0.15, 0.2) is 0 Å². The van der Waals surface area contributed by atoms with Gasteiger partial charge in [0.25, 0.3) is 0 Å². The third-order valence-electron chi connectivity index (χ3n) is 5.50. The Morgan fingerprint density at radius 3 is 2.52 bits per heavy atom. The molecule has 1 amide bonds. The van der Waals surface area contributed by atoms with Crippen molar-refractivity contribution in [2.45, 2.75) is 45.1 Å². The topological polar surface area (TPSA) is 32.8 Å². The number of nitrogens with zero attached hydrogens (tertiary/aromatic N) is 2. The van der Waals surface area contributed by atoms with Crippen LogP contribution in [0.3, 0.4) is 0 Å². The van der Waals surface area contributed by atoms with E-state index in [2.05, 4.69) is 34.9 Å². The third-order valence-corrected chi connectivity index (χ3v) is 5.50. The number of carbonyl (C=O) groups is 1. The van der Waals surface area contributed by atoms with Crippen molar-refractivity contribution < 1.29 is 9.53 Å². The van der Waals surface area contributed by atoms with Crippen LogP contribution in [0.15, 0.2) is 30.3 Å². The molecule has 2 heterocycles. The molecule has 1 aromatic rings. The molecule has 136 valence electrons. The molecule has 4 heteroatoms. The lowest BCUT2D eigenvalue weighted by Crippen LogP contribution is -2.48. The van der Waals surface area contributed by atoms with Crippen molar-refractivity contribution in [3.63, 3.8) is 0 Å². The van der Waals surface area contributed by atoms with Crippen molar-refractivity contribution in [2.24, 2.45) is 0 Å². The van der Waals surface area contributed by atoms with E-state index in [1.165, 1.54) is 24.0 Å². The first-order chi connectivity index (χ1) is 12.2. The molecule has 3 rings (SSSR count). The molecule has 0 saturated carbocycles. The predicted octanol–water partition coefficient (Wildman–Crippen LogP) is 3.58. The fourth-order valence-electron chi connectivity index (χ4n) is 3.83. The average molecular weight is 342 g/mol. The van der Waals surface area contributed by atoms with Crippen LogP contribution in [0.2, 0.25) is 0 Å². The van der Waals surface area contributed by atoms with Crippen LogP contribution >= 0.6 is 0 Å². The molecule has 25 heavy (non-hydrogen) atoms. The van der Waals surface area contributed by atoms with Gasteiger partial charge in [-0.25, -0.2) is 0 Å². The highest BCUT2D eigenvalue weighted by atomic mass is 16.5. The van der Waals surface area contributed by atoms with E-state index in [-0.39, 0.29) is 6.04 Å². The molecule has 2 aliphatic rings. The Morgan fingerprint density at radius 2 is 1.88 bits per heavy atom. The van der Waals surface area contributed by atoms with Crippen molar-refractivity contribution >= 4 is 11.5 Å². The standard InChI is InChI=1S/C21H30N2O2/c1-17(21(24)23-12-5-3-4-6-13-23)22-14-10-18(11-15-22)19-8-7-9-20(16-19)25-2/h7-10,16-17H,3-6,11-15H2,1-2H3/t17-/m1/s1. The summed E-state index contributed by atoms with van der Waals surface area (Å²) in [4.78, 5) is 17.2. The highest BCUT2D eigenvalue weighted by Gasteiger charge is 2.27. The maximum Gasteiger partial charge on any atom is 0.239 e. The Morgan fingerprint density at radius 1 is 1.12 bits per heavy atom. The normalized spacial score (nSPS) is 20.6. The summed E-state index contributed by atoms with van der Waals surface area (Å²) in [5, 5.41) is 0. The summed E-state index contributed by atoms with van der Waals surface area (Å²) in [5.74, 6) is 1.20. The van der Waals surface area contributed by atoms with Gasteiger partial charge in [0.1, 0.15) is 5.75 Å². The van der Waals surface area contributed by atoms with Gasteiger partial charge in [-0.05, 0) is 49.5 Å². The highest BCUT2D eigenvalue weighted by Crippen LogP contribution is 2.26. The molecular weight excluding hydrogens is 312 g/mol. The second-order valence-corrected chi connectivity index (χ2v) is 7.12. The van der Waals surface area contributed by atoms with Crippen molar-refractivity contribution in [1.29, 1.82) is 0 Å². The zero-order valence-corrected chi connectivity index (χ0v) is 15.5. The van der Waals surface area contributed by atoms with Crippen LogP contribution in [0.5, 0.6) is 5.75 Å². The van der Waals surface area contributed by atoms with E-state index in [1.54, 1.807) is 7.11 Å². The van der Waals surface area contributed by atoms with Crippen LogP contribution in [0.4, 0.5) is 0 Å². The largest absolute Gasteiger partial charge is 0.497 e. The number of amides is 1. The Hall–Kier alpha value is -1.81. The number of carbonyl (C=O) groups excluding carboxylic acids is 1. The number of ether oxygens (including phenoxy) is 1. The quantitative estimate of drug-likeness (QED) is 0.838. The first-order valence-corrected chi connectivity index (χ1v) is 9.55. The van der Waals surface area contributed by atoms with Crippen LogP contribution in [0, 0.1) is 0 Å². The predicted molar refractivity (Wildman–Crippen MR) is 102 cm³/mol. The summed E-state index contributed by atoms with van der Waals surface area (Å²) in [6.07, 6.45) is 8.06. The monoisotopic (exact) mass is 342 g/mol. The Kier molecular flexibility index (Phi) is 6.14. The minimum atomic E-state index is -0.0267. The van der Waals surface area contributed by atoms with Gasteiger partial charge in [0.05, 0.1) is 13.2 Å². The molecule has 1 saturated heterocycles. The summed E-state index contributed by atoms with van der Waals surface area (Å²) in [7, 11) is 1.70. The van der Waals surface area contributed by atoms with Crippen LogP contribution in [0.25, 0.3) is 5.57 Å². The summed E-state index contributed by atoms with van der Waals surface area (Å²) in [6, 6.07) is 8.21. The zero-order valence-electron chi connectivity index (χ0n) is 15.5. The molecule has 0 spiro atoms. The van der Waals surface area contributed by atoms with Crippen LogP contribution in [-0.2, 0) is 4.79 Å². The summed E-state index contributed by atoms with van der Waals surface area (Å²) >= 11 is 0. The van der Waals surface area contributed by atoms with Gasteiger partial charge in [-0.1, -0.05) is 31.1 Å². The van der Waals surface area contributed by atoms with E-state index in [9.17, 15) is 4.79 Å². The fraction of sp³-hybridized carbons (Fsp3) is 0.571. The molecule has 0 unspecified atom stereocenters. The number of benzene rings is 1. The lowest BCUT2D eigenvalue weighted by atomic mass is 9.98. The van der Waals surface area contributed by atoms with Crippen LogP contribution in [0.1, 0.15) is 44.6 Å². The van der Waals surface area contributed by atoms with E-state index in [1.807, 2.05) is 12.1 Å². The Balaban J connectivity index is 1.62. The zero-order chi connectivity index (χ0) is 17.6. The first kappa shape index (κ1) is 18.0. The van der Waals surface area contributed by atoms with Crippen LogP contribution in [-0.4, -0.2) is 55.0 Å². The van der Waals surface area contributed by atoms with Gasteiger partial charge in [0.2, 0.25) is 5.91 Å². The Bertz CT molecular complexity index is 618.